The van der Waals surface area contributed by atoms with Crippen LogP contribution in [0.2, 0.25) is 0 Å². The second-order valence-electron chi connectivity index (χ2n) is 6.86. The zero-order valence-corrected chi connectivity index (χ0v) is 20.6. The largest absolute Gasteiger partial charge is 0.357 e. The molecule has 0 radical (unpaired) electrons. The van der Waals surface area contributed by atoms with Crippen molar-refractivity contribution in [3.05, 3.63) is 30.1 Å². The minimum absolute atomic E-state index is 0. The lowest BCUT2D eigenvalue weighted by Gasteiger charge is -2.29. The summed E-state index contributed by atoms with van der Waals surface area (Å²) in [7, 11) is -3.69. The van der Waals surface area contributed by atoms with Gasteiger partial charge in [0.25, 0.3) is 0 Å². The molecule has 0 amide bonds. The van der Waals surface area contributed by atoms with Crippen molar-refractivity contribution in [1.29, 1.82) is 0 Å². The van der Waals surface area contributed by atoms with Gasteiger partial charge in [-0.2, -0.15) is 0 Å². The summed E-state index contributed by atoms with van der Waals surface area (Å²) in [6.45, 7) is 12.8. The lowest BCUT2D eigenvalue weighted by atomic mass is 10.2. The first kappa shape index (κ1) is 27.1. The molecule has 0 bridgehead atoms. The fourth-order valence-corrected chi connectivity index (χ4v) is 4.08. The Bertz CT molecular complexity index is 704. The summed E-state index contributed by atoms with van der Waals surface area (Å²) in [5.74, 6) is -0.364. The zero-order chi connectivity index (χ0) is 20.4. The Labute approximate surface area is 186 Å². The molecular formula is C19H34FIN4O2S. The van der Waals surface area contributed by atoms with Crippen LogP contribution in [0.25, 0.3) is 0 Å². The number of benzene rings is 1. The maximum absolute atomic E-state index is 13.7. The van der Waals surface area contributed by atoms with Gasteiger partial charge in [-0.15, -0.1) is 24.0 Å². The van der Waals surface area contributed by atoms with Gasteiger partial charge in [-0.25, -0.2) is 12.8 Å². The molecule has 6 nitrogen and oxygen atoms in total. The third-order valence-electron chi connectivity index (χ3n) is 4.13. The maximum Gasteiger partial charge on any atom is 0.191 e. The second kappa shape index (κ2) is 13.3. The van der Waals surface area contributed by atoms with E-state index in [2.05, 4.69) is 48.2 Å². The van der Waals surface area contributed by atoms with Gasteiger partial charge in [-0.3, -0.25) is 9.89 Å². The zero-order valence-electron chi connectivity index (χ0n) is 17.4. The van der Waals surface area contributed by atoms with Gasteiger partial charge in [0.1, 0.15) is 10.7 Å². The van der Waals surface area contributed by atoms with Crippen molar-refractivity contribution in [1.82, 2.24) is 15.5 Å². The predicted molar refractivity (Wildman–Crippen MR) is 125 cm³/mol. The topological polar surface area (TPSA) is 73.8 Å². The van der Waals surface area contributed by atoms with Crippen LogP contribution in [0.4, 0.5) is 4.39 Å². The van der Waals surface area contributed by atoms with Crippen molar-refractivity contribution in [2.75, 3.05) is 31.9 Å². The first-order valence-corrected chi connectivity index (χ1v) is 11.1. The molecule has 0 aromatic heterocycles. The molecule has 0 heterocycles. The molecule has 1 aromatic carbocycles. The number of guanidine groups is 1. The van der Waals surface area contributed by atoms with Crippen LogP contribution in [0.5, 0.6) is 0 Å². The van der Waals surface area contributed by atoms with Crippen LogP contribution >= 0.6 is 24.0 Å². The third kappa shape index (κ3) is 9.04. The van der Waals surface area contributed by atoms with Crippen LogP contribution < -0.4 is 10.6 Å². The molecule has 0 spiro atoms. The Morgan fingerprint density at radius 2 is 1.75 bits per heavy atom. The van der Waals surface area contributed by atoms with Gasteiger partial charge >= 0.3 is 0 Å². The summed E-state index contributed by atoms with van der Waals surface area (Å²) in [4.78, 5) is 6.59. The Hall–Kier alpha value is -0.940. The second-order valence-corrected chi connectivity index (χ2v) is 8.94. The molecule has 162 valence electrons. The van der Waals surface area contributed by atoms with E-state index in [0.717, 1.165) is 12.6 Å². The molecule has 0 unspecified atom stereocenters. The van der Waals surface area contributed by atoms with Gasteiger partial charge in [-0.1, -0.05) is 12.1 Å². The summed E-state index contributed by atoms with van der Waals surface area (Å²) in [5, 5.41) is 6.12. The highest BCUT2D eigenvalue weighted by Gasteiger charge is 2.18. The molecular weight excluding hydrogens is 494 g/mol. The molecule has 1 rings (SSSR count). The van der Waals surface area contributed by atoms with Crippen LogP contribution in [0.3, 0.4) is 0 Å². The number of sulfone groups is 1. The molecule has 0 aliphatic carbocycles. The lowest BCUT2D eigenvalue weighted by Crippen LogP contribution is -2.41. The van der Waals surface area contributed by atoms with Crippen LogP contribution in [0, 0.1) is 5.82 Å². The minimum Gasteiger partial charge on any atom is -0.357 e. The highest BCUT2D eigenvalue weighted by molar-refractivity contribution is 14.0. The lowest BCUT2D eigenvalue weighted by molar-refractivity contribution is 0.181. The number of aliphatic imine (C=N–C) groups is 1. The normalized spacial score (nSPS) is 12.4. The minimum atomic E-state index is -3.69. The number of nitrogens with zero attached hydrogens (tertiary/aromatic N) is 2. The molecule has 2 N–H and O–H groups in total. The van der Waals surface area contributed by atoms with E-state index in [1.807, 2.05) is 6.92 Å². The first-order chi connectivity index (χ1) is 12.7. The Morgan fingerprint density at radius 1 is 1.14 bits per heavy atom. The molecule has 28 heavy (non-hydrogen) atoms. The molecule has 0 aliphatic rings. The van der Waals surface area contributed by atoms with Crippen LogP contribution in [-0.2, 0) is 9.84 Å². The van der Waals surface area contributed by atoms with E-state index in [9.17, 15) is 12.8 Å². The van der Waals surface area contributed by atoms with Crippen LogP contribution in [-0.4, -0.2) is 63.3 Å². The number of hydrogen-bond acceptors (Lipinski definition) is 4. The summed E-state index contributed by atoms with van der Waals surface area (Å²) < 4.78 is 38.3. The van der Waals surface area contributed by atoms with Crippen molar-refractivity contribution < 1.29 is 12.8 Å². The standard InChI is InChI=1S/C19H33FN4O2S.HI/c1-6-21-19(22-11-13-24(15(2)3)16(4)5)23-12-14-27(25,26)18-10-8-7-9-17(18)20;/h7-10,15-16H,6,11-14H2,1-5H3,(H2,21,22,23);1H. The molecule has 1 aromatic rings. The van der Waals surface area contributed by atoms with E-state index in [0.29, 0.717) is 31.1 Å². The summed E-state index contributed by atoms with van der Waals surface area (Å²) >= 11 is 0. The Morgan fingerprint density at radius 3 is 2.29 bits per heavy atom. The van der Waals surface area contributed by atoms with Crippen molar-refractivity contribution >= 4 is 39.8 Å². The van der Waals surface area contributed by atoms with Gasteiger partial charge < -0.3 is 10.6 Å². The van der Waals surface area contributed by atoms with E-state index in [-0.39, 0.29) is 41.2 Å². The van der Waals surface area contributed by atoms with Crippen molar-refractivity contribution in [3.8, 4) is 0 Å². The molecule has 0 aliphatic heterocycles. The SMILES string of the molecule is CCNC(=NCCN(C(C)C)C(C)C)NCCS(=O)(=O)c1ccccc1F.I. The van der Waals surface area contributed by atoms with Crippen LogP contribution in [0.15, 0.2) is 34.2 Å². The van der Waals surface area contributed by atoms with E-state index in [4.69, 9.17) is 0 Å². The van der Waals surface area contributed by atoms with E-state index >= 15 is 0 Å². The molecule has 0 saturated heterocycles. The smallest absolute Gasteiger partial charge is 0.191 e. The molecule has 9 heteroatoms. The average Bonchev–Trinajstić information content (AvgIpc) is 2.58. The average molecular weight is 528 g/mol. The van der Waals surface area contributed by atoms with Crippen molar-refractivity contribution in [2.45, 2.75) is 51.6 Å². The molecule has 0 fully saturated rings. The van der Waals surface area contributed by atoms with E-state index < -0.39 is 15.7 Å². The monoisotopic (exact) mass is 528 g/mol. The summed E-state index contributed by atoms with van der Waals surface area (Å²) in [6, 6.07) is 6.30. The van der Waals surface area contributed by atoms with Gasteiger partial charge in [0, 0.05) is 31.7 Å². The Kier molecular flexibility index (Phi) is 12.9. The summed E-state index contributed by atoms with van der Waals surface area (Å²) in [6.07, 6.45) is 0. The third-order valence-corrected chi connectivity index (χ3v) is 5.88. The van der Waals surface area contributed by atoms with E-state index in [1.54, 1.807) is 0 Å². The Balaban J connectivity index is 0.00000729. The van der Waals surface area contributed by atoms with Crippen molar-refractivity contribution in [2.24, 2.45) is 4.99 Å². The molecule has 0 atom stereocenters. The number of halogens is 2. The van der Waals surface area contributed by atoms with E-state index in [1.165, 1.54) is 18.2 Å². The summed E-state index contributed by atoms with van der Waals surface area (Å²) in [5.41, 5.74) is 0. The molecule has 0 saturated carbocycles. The maximum atomic E-state index is 13.7. The van der Waals surface area contributed by atoms with Gasteiger partial charge in [0.2, 0.25) is 0 Å². The van der Waals surface area contributed by atoms with Crippen LogP contribution in [0.1, 0.15) is 34.6 Å². The van der Waals surface area contributed by atoms with Gasteiger partial charge in [0.05, 0.1) is 12.3 Å². The highest BCUT2D eigenvalue weighted by atomic mass is 127. The predicted octanol–water partition coefficient (Wildman–Crippen LogP) is 2.89. The number of nitrogens with one attached hydrogen (secondary N) is 2. The highest BCUT2D eigenvalue weighted by Crippen LogP contribution is 2.14. The fourth-order valence-electron chi connectivity index (χ4n) is 2.84. The number of rotatable bonds is 10. The van der Waals surface area contributed by atoms with Crippen molar-refractivity contribution in [3.63, 3.8) is 0 Å². The fraction of sp³-hybridized carbons (Fsp3) is 0.632. The van der Waals surface area contributed by atoms with Gasteiger partial charge in [-0.05, 0) is 46.8 Å². The first-order valence-electron chi connectivity index (χ1n) is 9.44. The van der Waals surface area contributed by atoms with Gasteiger partial charge in [0.15, 0.2) is 15.8 Å². The quantitative estimate of drug-likeness (QED) is 0.278. The number of hydrogen-bond donors (Lipinski definition) is 2.